The second-order valence-corrected chi connectivity index (χ2v) is 9.47. The predicted molar refractivity (Wildman–Crippen MR) is 117 cm³/mol. The first kappa shape index (κ1) is 22.1. The second kappa shape index (κ2) is 8.11. The van der Waals surface area contributed by atoms with Crippen molar-refractivity contribution in [3.05, 3.63) is 83.5 Å². The molecule has 0 aliphatic heterocycles. The Morgan fingerprint density at radius 2 is 1.59 bits per heavy atom. The van der Waals surface area contributed by atoms with Gasteiger partial charge in [-0.1, -0.05) is 23.7 Å². The van der Waals surface area contributed by atoms with Gasteiger partial charge >= 0.3 is 6.18 Å². The molecule has 0 saturated carbocycles. The van der Waals surface area contributed by atoms with Crippen LogP contribution < -0.4 is 4.74 Å². The molecule has 32 heavy (non-hydrogen) atoms. The molecule has 0 saturated heterocycles. The van der Waals surface area contributed by atoms with Crippen molar-refractivity contribution >= 4 is 32.3 Å². The third-order valence-electron chi connectivity index (χ3n) is 4.79. The number of fused-ring (bicyclic) bond motifs is 1. The van der Waals surface area contributed by atoms with Crippen molar-refractivity contribution in [2.75, 3.05) is 6.26 Å². The van der Waals surface area contributed by atoms with Crippen LogP contribution in [-0.2, 0) is 16.0 Å². The molecule has 164 valence electrons. The Bertz CT molecular complexity index is 1420. The number of nitrogens with zero attached hydrogens (tertiary/aromatic N) is 1. The summed E-state index contributed by atoms with van der Waals surface area (Å²) >= 11 is 6.37. The van der Waals surface area contributed by atoms with E-state index >= 15 is 0 Å². The van der Waals surface area contributed by atoms with Crippen LogP contribution in [0.3, 0.4) is 0 Å². The molecule has 4 aromatic rings. The molecule has 0 atom stereocenters. The number of aromatic nitrogens is 1. The molecule has 1 heterocycles. The van der Waals surface area contributed by atoms with Crippen molar-refractivity contribution in [1.29, 1.82) is 0 Å². The zero-order valence-corrected chi connectivity index (χ0v) is 18.1. The highest BCUT2D eigenvalue weighted by atomic mass is 35.5. The molecule has 0 radical (unpaired) electrons. The highest BCUT2D eigenvalue weighted by Gasteiger charge is 2.33. The molecule has 0 amide bonds. The maximum Gasteiger partial charge on any atom is 0.418 e. The Kier molecular flexibility index (Phi) is 5.60. The number of alkyl halides is 3. The molecule has 0 aliphatic carbocycles. The van der Waals surface area contributed by atoms with Crippen LogP contribution in [0.25, 0.3) is 22.0 Å². The van der Waals surface area contributed by atoms with Gasteiger partial charge in [0.1, 0.15) is 11.5 Å². The third-order valence-corrected chi connectivity index (χ3v) is 6.25. The molecule has 0 N–H and O–H groups in total. The quantitative estimate of drug-likeness (QED) is 0.325. The maximum absolute atomic E-state index is 13.4. The fourth-order valence-electron chi connectivity index (χ4n) is 3.30. The van der Waals surface area contributed by atoms with Gasteiger partial charge in [-0.25, -0.2) is 8.42 Å². The Balaban J connectivity index is 1.76. The summed E-state index contributed by atoms with van der Waals surface area (Å²) in [5, 5.41) is 0.633. The molecular formula is C23H15ClF3NO3S. The van der Waals surface area contributed by atoms with E-state index in [9.17, 15) is 21.6 Å². The van der Waals surface area contributed by atoms with Gasteiger partial charge in [0.05, 0.1) is 16.0 Å². The fraction of sp³-hybridized carbons (Fsp3) is 0.0870. The maximum atomic E-state index is 13.4. The first-order chi connectivity index (χ1) is 15.0. The first-order valence-electron chi connectivity index (χ1n) is 9.27. The lowest BCUT2D eigenvalue weighted by molar-refractivity contribution is -0.136. The summed E-state index contributed by atoms with van der Waals surface area (Å²) in [4.78, 5) is 4.10. The lowest BCUT2D eigenvalue weighted by Crippen LogP contribution is -2.06. The molecule has 1 aromatic heterocycles. The van der Waals surface area contributed by atoms with Gasteiger partial charge < -0.3 is 4.74 Å². The average Bonchev–Trinajstić information content (AvgIpc) is 2.73. The highest BCUT2D eigenvalue weighted by Crippen LogP contribution is 2.40. The van der Waals surface area contributed by atoms with Crippen molar-refractivity contribution in [3.63, 3.8) is 0 Å². The van der Waals surface area contributed by atoms with Gasteiger partial charge in [-0.3, -0.25) is 4.98 Å². The largest absolute Gasteiger partial charge is 0.457 e. The smallest absolute Gasteiger partial charge is 0.418 e. The Hall–Kier alpha value is -3.10. The third kappa shape index (κ3) is 4.42. The van der Waals surface area contributed by atoms with Crippen LogP contribution in [0.4, 0.5) is 13.2 Å². The number of hydrogen-bond acceptors (Lipinski definition) is 4. The van der Waals surface area contributed by atoms with Crippen LogP contribution in [0.15, 0.2) is 77.8 Å². The van der Waals surface area contributed by atoms with E-state index in [-0.39, 0.29) is 10.4 Å². The summed E-state index contributed by atoms with van der Waals surface area (Å²) in [6.45, 7) is 0. The molecule has 0 aliphatic rings. The molecule has 0 bridgehead atoms. The average molecular weight is 478 g/mol. The number of rotatable bonds is 4. The van der Waals surface area contributed by atoms with E-state index < -0.39 is 21.6 Å². The normalized spacial score (nSPS) is 12.2. The van der Waals surface area contributed by atoms with E-state index in [4.69, 9.17) is 16.3 Å². The number of ether oxygens (including phenoxy) is 1. The van der Waals surface area contributed by atoms with Crippen LogP contribution in [-0.4, -0.2) is 19.7 Å². The van der Waals surface area contributed by atoms with Crippen LogP contribution in [0.1, 0.15) is 5.56 Å². The summed E-state index contributed by atoms with van der Waals surface area (Å²) in [5.41, 5.74) is -0.0461. The zero-order chi connectivity index (χ0) is 23.1. The predicted octanol–water partition coefficient (Wildman–Crippen LogP) is 6.77. The van der Waals surface area contributed by atoms with Gasteiger partial charge in [0.2, 0.25) is 0 Å². The molecule has 9 heteroatoms. The molecule has 3 aromatic carbocycles. The summed E-state index contributed by atoms with van der Waals surface area (Å²) in [7, 11) is -3.33. The first-order valence-corrected chi connectivity index (χ1v) is 11.5. The monoisotopic (exact) mass is 477 g/mol. The minimum absolute atomic E-state index is 0.158. The zero-order valence-electron chi connectivity index (χ0n) is 16.5. The molecule has 0 spiro atoms. The van der Waals surface area contributed by atoms with Crippen LogP contribution in [0.2, 0.25) is 5.02 Å². The second-order valence-electron chi connectivity index (χ2n) is 7.05. The van der Waals surface area contributed by atoms with Crippen LogP contribution in [0, 0.1) is 0 Å². The summed E-state index contributed by atoms with van der Waals surface area (Å²) < 4.78 is 69.3. The lowest BCUT2D eigenvalue weighted by atomic mass is 9.99. The Labute approximate surface area is 187 Å². The molecule has 4 rings (SSSR count). The van der Waals surface area contributed by atoms with E-state index in [1.165, 1.54) is 36.5 Å². The van der Waals surface area contributed by atoms with E-state index in [1.807, 2.05) is 0 Å². The number of para-hydroxylation sites is 1. The lowest BCUT2D eigenvalue weighted by Gasteiger charge is -2.14. The van der Waals surface area contributed by atoms with Gasteiger partial charge in [0, 0.05) is 28.4 Å². The highest BCUT2D eigenvalue weighted by molar-refractivity contribution is 7.90. The minimum atomic E-state index is -4.54. The van der Waals surface area contributed by atoms with Gasteiger partial charge in [-0.2, -0.15) is 13.2 Å². The van der Waals surface area contributed by atoms with Crippen LogP contribution in [0.5, 0.6) is 11.5 Å². The van der Waals surface area contributed by atoms with E-state index in [0.717, 1.165) is 12.3 Å². The summed E-state index contributed by atoms with van der Waals surface area (Å²) in [6.07, 6.45) is -2.13. The number of hydrogen-bond donors (Lipinski definition) is 0. The molecule has 4 nitrogen and oxygen atoms in total. The van der Waals surface area contributed by atoms with Gasteiger partial charge in [-0.05, 0) is 60.2 Å². The standard InChI is InChI=1S/C23H15ClF3NO3S/c1-32(29,30)16-8-5-14(6-9-16)31-15-7-10-21(24)19(13-15)17-11-12-28-22-18(17)3-2-4-20(22)23(25,26)27/h2-13H,1H3. The van der Waals surface area contributed by atoms with E-state index in [1.54, 1.807) is 30.3 Å². The van der Waals surface area contributed by atoms with Gasteiger partial charge in [0.15, 0.2) is 9.84 Å². The van der Waals surface area contributed by atoms with Crippen LogP contribution >= 0.6 is 11.6 Å². The van der Waals surface area contributed by atoms with Gasteiger partial charge in [0.25, 0.3) is 0 Å². The van der Waals surface area contributed by atoms with Gasteiger partial charge in [-0.15, -0.1) is 0 Å². The summed E-state index contributed by atoms with van der Waals surface area (Å²) in [6, 6.07) is 16.2. The molecule has 0 fully saturated rings. The van der Waals surface area contributed by atoms with Crippen molar-refractivity contribution < 1.29 is 26.3 Å². The Morgan fingerprint density at radius 1 is 0.906 bits per heavy atom. The Morgan fingerprint density at radius 3 is 2.25 bits per heavy atom. The topological polar surface area (TPSA) is 56.3 Å². The van der Waals surface area contributed by atoms with Crippen molar-refractivity contribution in [3.8, 4) is 22.6 Å². The van der Waals surface area contributed by atoms with Crippen molar-refractivity contribution in [2.24, 2.45) is 0 Å². The van der Waals surface area contributed by atoms with Crippen molar-refractivity contribution in [2.45, 2.75) is 11.1 Å². The number of pyridine rings is 1. The van der Waals surface area contributed by atoms with Crippen molar-refractivity contribution in [1.82, 2.24) is 4.98 Å². The number of halogens is 4. The summed E-state index contributed by atoms with van der Waals surface area (Å²) in [5.74, 6) is 0.776. The fourth-order valence-corrected chi connectivity index (χ4v) is 4.15. The minimum Gasteiger partial charge on any atom is -0.457 e. The number of benzene rings is 3. The number of sulfone groups is 1. The SMILES string of the molecule is CS(=O)(=O)c1ccc(Oc2ccc(Cl)c(-c3ccnc4c(C(F)(F)F)cccc34)c2)cc1. The molecule has 0 unspecified atom stereocenters. The van der Waals surface area contributed by atoms with E-state index in [0.29, 0.717) is 33.0 Å². The van der Waals surface area contributed by atoms with E-state index in [2.05, 4.69) is 4.98 Å². The molecular weight excluding hydrogens is 463 g/mol.